The largest absolute Gasteiger partial charge is 0.300 e. The maximum absolute atomic E-state index is 12.3. The average Bonchev–Trinajstić information content (AvgIpc) is 2.55. The van der Waals surface area contributed by atoms with Gasteiger partial charge in [0, 0.05) is 25.7 Å². The minimum atomic E-state index is 0.345. The number of ketones is 2. The second-order valence-corrected chi connectivity index (χ2v) is 8.25. The first-order valence-electron chi connectivity index (χ1n) is 10.1. The van der Waals surface area contributed by atoms with Gasteiger partial charge in [-0.3, -0.25) is 9.59 Å². The summed E-state index contributed by atoms with van der Waals surface area (Å²) >= 11 is 0. The molecule has 2 aliphatic carbocycles. The van der Waals surface area contributed by atoms with Crippen LogP contribution in [0.3, 0.4) is 0 Å². The van der Waals surface area contributed by atoms with Crippen molar-refractivity contribution in [2.24, 2.45) is 23.7 Å². The maximum Gasteiger partial charge on any atom is 0.133 e. The molecule has 0 aromatic heterocycles. The van der Waals surface area contributed by atoms with E-state index < -0.39 is 0 Å². The molecule has 0 saturated heterocycles. The van der Waals surface area contributed by atoms with Gasteiger partial charge in [0.2, 0.25) is 0 Å². The van der Waals surface area contributed by atoms with E-state index in [4.69, 9.17) is 0 Å². The van der Waals surface area contributed by atoms with Crippen molar-refractivity contribution >= 4 is 11.6 Å². The summed E-state index contributed by atoms with van der Waals surface area (Å²) in [4.78, 5) is 24.2. The molecule has 2 fully saturated rings. The molecule has 4 atom stereocenters. The molecule has 2 rings (SSSR count). The summed E-state index contributed by atoms with van der Waals surface area (Å²) in [6.07, 6.45) is 14.1. The molecule has 0 aromatic carbocycles. The SMILES string of the molecule is CCC(C)CC(=O)CCCC(=O)CC1CCCC2CCCCC21. The molecule has 0 radical (unpaired) electrons. The summed E-state index contributed by atoms with van der Waals surface area (Å²) in [6.45, 7) is 4.26. The number of hydrogen-bond donors (Lipinski definition) is 0. The number of hydrogen-bond acceptors (Lipinski definition) is 2. The minimum absolute atomic E-state index is 0.345. The van der Waals surface area contributed by atoms with Crippen molar-refractivity contribution in [1.29, 1.82) is 0 Å². The topological polar surface area (TPSA) is 34.1 Å². The molecule has 0 spiro atoms. The van der Waals surface area contributed by atoms with E-state index in [2.05, 4.69) is 13.8 Å². The third-order valence-corrected chi connectivity index (χ3v) is 6.40. The minimum Gasteiger partial charge on any atom is -0.300 e. The van der Waals surface area contributed by atoms with Gasteiger partial charge in [-0.1, -0.05) is 52.4 Å². The molecular weight excluding hydrogens is 284 g/mol. The Bertz CT molecular complexity index is 385. The predicted molar refractivity (Wildman–Crippen MR) is 95.3 cm³/mol. The molecule has 0 heterocycles. The Balaban J connectivity index is 1.67. The van der Waals surface area contributed by atoms with E-state index in [-0.39, 0.29) is 0 Å². The van der Waals surface area contributed by atoms with Crippen molar-refractivity contribution in [1.82, 2.24) is 0 Å². The zero-order valence-corrected chi connectivity index (χ0v) is 15.3. The van der Waals surface area contributed by atoms with Gasteiger partial charge < -0.3 is 0 Å². The lowest BCUT2D eigenvalue weighted by atomic mass is 9.64. The molecule has 2 nitrogen and oxygen atoms in total. The molecular formula is C21H36O2. The molecule has 2 aliphatic rings. The average molecular weight is 321 g/mol. The fraction of sp³-hybridized carbons (Fsp3) is 0.905. The third kappa shape index (κ3) is 6.04. The van der Waals surface area contributed by atoms with E-state index in [1.807, 2.05) is 0 Å². The first-order chi connectivity index (χ1) is 11.1. The van der Waals surface area contributed by atoms with E-state index in [1.165, 1.54) is 44.9 Å². The van der Waals surface area contributed by atoms with Gasteiger partial charge >= 0.3 is 0 Å². The van der Waals surface area contributed by atoms with Crippen LogP contribution in [-0.2, 0) is 9.59 Å². The molecule has 2 saturated carbocycles. The number of carbonyl (C=O) groups excluding carboxylic acids is 2. The lowest BCUT2D eigenvalue weighted by molar-refractivity contribution is -0.122. The number of rotatable bonds is 9. The second-order valence-electron chi connectivity index (χ2n) is 8.25. The zero-order chi connectivity index (χ0) is 16.7. The van der Waals surface area contributed by atoms with E-state index in [9.17, 15) is 9.59 Å². The molecule has 0 bridgehead atoms. The molecule has 23 heavy (non-hydrogen) atoms. The van der Waals surface area contributed by atoms with Crippen molar-refractivity contribution in [3.63, 3.8) is 0 Å². The summed E-state index contributed by atoms with van der Waals surface area (Å²) in [6, 6.07) is 0. The standard InChI is InChI=1S/C21H36O2/c1-3-16(2)14-19(22)11-7-12-20(23)15-18-10-6-9-17-8-4-5-13-21(17)18/h16-18,21H,3-15H2,1-2H3. The Kier molecular flexibility index (Phi) is 7.79. The van der Waals surface area contributed by atoms with E-state index in [1.54, 1.807) is 0 Å². The van der Waals surface area contributed by atoms with Gasteiger partial charge in [-0.15, -0.1) is 0 Å². The van der Waals surface area contributed by atoms with Crippen LogP contribution in [0.4, 0.5) is 0 Å². The summed E-state index contributed by atoms with van der Waals surface area (Å²) in [5.74, 6) is 3.64. The van der Waals surface area contributed by atoms with Gasteiger partial charge in [0.25, 0.3) is 0 Å². The van der Waals surface area contributed by atoms with Crippen LogP contribution in [0.25, 0.3) is 0 Å². The Morgan fingerprint density at radius 2 is 1.65 bits per heavy atom. The highest BCUT2D eigenvalue weighted by Crippen LogP contribution is 2.45. The molecule has 132 valence electrons. The normalized spacial score (nSPS) is 28.9. The molecule has 0 amide bonds. The van der Waals surface area contributed by atoms with Crippen molar-refractivity contribution < 1.29 is 9.59 Å². The molecule has 0 N–H and O–H groups in total. The van der Waals surface area contributed by atoms with E-state index >= 15 is 0 Å². The fourth-order valence-corrected chi connectivity index (χ4v) is 4.84. The zero-order valence-electron chi connectivity index (χ0n) is 15.3. The van der Waals surface area contributed by atoms with E-state index in [0.717, 1.165) is 31.1 Å². The van der Waals surface area contributed by atoms with Crippen LogP contribution in [0.1, 0.15) is 97.3 Å². The quantitative estimate of drug-likeness (QED) is 0.544. The Labute approximate surface area is 142 Å². The van der Waals surface area contributed by atoms with Crippen LogP contribution in [0, 0.1) is 23.7 Å². The maximum atomic E-state index is 12.3. The number of carbonyl (C=O) groups is 2. The summed E-state index contributed by atoms with van der Waals surface area (Å²) in [5, 5.41) is 0. The Morgan fingerprint density at radius 1 is 0.957 bits per heavy atom. The van der Waals surface area contributed by atoms with Gasteiger partial charge in [0.05, 0.1) is 0 Å². The number of Topliss-reactive ketones (excluding diaryl/α,β-unsaturated/α-hetero) is 2. The highest BCUT2D eigenvalue weighted by Gasteiger charge is 2.35. The van der Waals surface area contributed by atoms with E-state index in [0.29, 0.717) is 42.7 Å². The lowest BCUT2D eigenvalue weighted by Gasteiger charge is -2.41. The van der Waals surface area contributed by atoms with Gasteiger partial charge in [-0.2, -0.15) is 0 Å². The van der Waals surface area contributed by atoms with Crippen molar-refractivity contribution in [3.8, 4) is 0 Å². The van der Waals surface area contributed by atoms with Crippen LogP contribution in [-0.4, -0.2) is 11.6 Å². The summed E-state index contributed by atoms with van der Waals surface area (Å²) < 4.78 is 0. The van der Waals surface area contributed by atoms with Gasteiger partial charge in [-0.05, 0) is 42.9 Å². The molecule has 4 unspecified atom stereocenters. The van der Waals surface area contributed by atoms with Gasteiger partial charge in [0.15, 0.2) is 0 Å². The number of fused-ring (bicyclic) bond motifs is 1. The first-order valence-corrected chi connectivity index (χ1v) is 10.1. The van der Waals surface area contributed by atoms with Crippen LogP contribution in [0.2, 0.25) is 0 Å². The fourth-order valence-electron chi connectivity index (χ4n) is 4.84. The van der Waals surface area contributed by atoms with Crippen LogP contribution in [0.5, 0.6) is 0 Å². The van der Waals surface area contributed by atoms with Crippen molar-refractivity contribution in [3.05, 3.63) is 0 Å². The van der Waals surface area contributed by atoms with Crippen LogP contribution >= 0.6 is 0 Å². The summed E-state index contributed by atoms with van der Waals surface area (Å²) in [7, 11) is 0. The molecule has 0 aromatic rings. The van der Waals surface area contributed by atoms with Crippen LogP contribution in [0.15, 0.2) is 0 Å². The highest BCUT2D eigenvalue weighted by atomic mass is 16.1. The Morgan fingerprint density at radius 3 is 2.43 bits per heavy atom. The second kappa shape index (κ2) is 9.59. The molecule has 2 heteroatoms. The van der Waals surface area contributed by atoms with Crippen molar-refractivity contribution in [2.75, 3.05) is 0 Å². The summed E-state index contributed by atoms with van der Waals surface area (Å²) in [5.41, 5.74) is 0. The van der Waals surface area contributed by atoms with Crippen molar-refractivity contribution in [2.45, 2.75) is 97.3 Å². The van der Waals surface area contributed by atoms with Gasteiger partial charge in [-0.25, -0.2) is 0 Å². The van der Waals surface area contributed by atoms with Gasteiger partial charge in [0.1, 0.15) is 11.6 Å². The predicted octanol–water partition coefficient (Wildman–Crippen LogP) is 5.73. The highest BCUT2D eigenvalue weighted by molar-refractivity contribution is 5.81. The third-order valence-electron chi connectivity index (χ3n) is 6.40. The Hall–Kier alpha value is -0.660. The molecule has 0 aliphatic heterocycles. The smallest absolute Gasteiger partial charge is 0.133 e. The van der Waals surface area contributed by atoms with Crippen LogP contribution < -0.4 is 0 Å². The monoisotopic (exact) mass is 320 g/mol. The lowest BCUT2D eigenvalue weighted by Crippen LogP contribution is -2.32. The first kappa shape index (κ1) is 18.7.